The Hall–Kier alpha value is -2.83. The summed E-state index contributed by atoms with van der Waals surface area (Å²) in [6.45, 7) is 25.5. The number of ether oxygens (including phenoxy) is 14. The third kappa shape index (κ3) is 15.8. The van der Waals surface area contributed by atoms with Crippen LogP contribution in [0.4, 0.5) is 0 Å². The van der Waals surface area contributed by atoms with E-state index >= 15 is 0 Å². The Kier molecular flexibility index (Phi) is 23.1. The molecule has 17 saturated heterocycles. The molecule has 1 spiro atoms. The number of hydrogen-bond acceptors (Lipinski definition) is 23. The third-order valence-corrected chi connectivity index (χ3v) is 27.4. The van der Waals surface area contributed by atoms with Gasteiger partial charge in [-0.1, -0.05) is 54.0 Å². The van der Waals surface area contributed by atoms with E-state index in [0.29, 0.717) is 76.5 Å². The summed E-state index contributed by atoms with van der Waals surface area (Å²) < 4.78 is 92.3. The minimum atomic E-state index is -1.08. The van der Waals surface area contributed by atoms with Gasteiger partial charge in [-0.25, -0.2) is 0 Å². The summed E-state index contributed by atoms with van der Waals surface area (Å²) in [5.74, 6) is -0.318. The zero-order chi connectivity index (χ0) is 72.0. The molecule has 0 radical (unpaired) electrons. The van der Waals surface area contributed by atoms with Crippen molar-refractivity contribution in [1.82, 2.24) is 0 Å². The van der Waals surface area contributed by atoms with Crippen molar-refractivity contribution >= 4 is 17.3 Å². The predicted molar refractivity (Wildman–Crippen MR) is 370 cm³/mol. The van der Waals surface area contributed by atoms with Crippen LogP contribution in [0.1, 0.15) is 195 Å². The first-order valence-electron chi connectivity index (χ1n) is 39.9. The Morgan fingerprint density at radius 3 is 1.42 bits per heavy atom. The van der Waals surface area contributed by atoms with Gasteiger partial charge in [0.05, 0.1) is 135 Å². The van der Waals surface area contributed by atoms with E-state index in [9.17, 15) is 45.0 Å². The van der Waals surface area contributed by atoms with Gasteiger partial charge in [0.1, 0.15) is 78.4 Å². The predicted octanol–water partition coefficient (Wildman–Crippen LogP) is 6.98. The van der Waals surface area contributed by atoms with Crippen LogP contribution in [0.2, 0.25) is 0 Å². The average molecular weight is 1450 g/mol. The zero-order valence-corrected chi connectivity index (χ0v) is 61.0. The van der Waals surface area contributed by atoms with Crippen molar-refractivity contribution in [3.8, 4) is 0 Å². The minimum absolute atomic E-state index is 0.00785. The highest BCUT2D eigenvalue weighted by Crippen LogP contribution is 2.55. The lowest BCUT2D eigenvalue weighted by Crippen LogP contribution is -2.61. The molecule has 23 nitrogen and oxygen atoms in total. The molecule has 23 heteroatoms. The average Bonchev–Trinajstić information content (AvgIpc) is 1.55. The van der Waals surface area contributed by atoms with E-state index < -0.39 is 66.8 Å². The first-order valence-corrected chi connectivity index (χ1v) is 39.9. The largest absolute Gasteiger partial charge is 0.394 e. The van der Waals surface area contributed by atoms with Gasteiger partial charge in [-0.15, -0.1) is 0 Å². The van der Waals surface area contributed by atoms with E-state index in [4.69, 9.17) is 66.3 Å². The SMILES string of the molecule is C=C1C[C@@H]2CCC(=O)C[C@H]3O[C@H]4[C@@H](O)[C@H]5OC(CC[C@@H]5O[C@H]4[C@H]3O)CC(=O)C[C@@H]3[C@@H](C)[C@@H](C[C@H](O)CO)O[C@H]3CC3O[C@@H](CCC1O2)C[C@@H](C)C3=C.C=C1C[C@@H]2CCC34C[C@H]5O[C@H]6[C@@H](O3)[C@H]3OC(CC[C@@H]3O[C@H]6C5O4)CC(=O)C[C@@H]3[C@@H](C)[C@@H](C[C@H](O)CO)O[C@H]3CC3O[C@@H](CCC1O2)C[C@@H](C)C3=C. The van der Waals surface area contributed by atoms with Crippen molar-refractivity contribution in [2.75, 3.05) is 13.2 Å². The third-order valence-electron chi connectivity index (χ3n) is 27.4. The van der Waals surface area contributed by atoms with Crippen molar-refractivity contribution in [2.24, 2.45) is 35.5 Å². The number of hydrogen-bond donors (Lipinski definition) is 6. The van der Waals surface area contributed by atoms with Crippen LogP contribution < -0.4 is 0 Å². The molecule has 6 N–H and O–H groups in total. The molecule has 0 saturated carbocycles. The molecular formula is C80H118O23. The molecule has 17 aliphatic heterocycles. The Balaban J connectivity index is 0.000000166. The van der Waals surface area contributed by atoms with Crippen molar-refractivity contribution in [1.29, 1.82) is 0 Å². The smallest absolute Gasteiger partial charge is 0.172 e. The molecule has 20 bridgehead atoms. The highest BCUT2D eigenvalue weighted by molar-refractivity contribution is 5.80. The van der Waals surface area contributed by atoms with Crippen LogP contribution in [0.5, 0.6) is 0 Å². The van der Waals surface area contributed by atoms with Crippen LogP contribution in [-0.4, -0.2) is 250 Å². The molecule has 17 heterocycles. The Morgan fingerprint density at radius 2 is 0.854 bits per heavy atom. The topological polar surface area (TPSA) is 302 Å². The number of carbonyl (C=O) groups excluding carboxylic acids is 3. The van der Waals surface area contributed by atoms with Gasteiger partial charge in [-0.2, -0.15) is 0 Å². The molecule has 8 unspecified atom stereocenters. The standard InChI is InChI=1S/C40H60O12.C40H58O11/c1-19-11-27-7-9-30-20(2)12-26(47-30)6-5-23(42)15-35-36(45)39-40(52-35)37(46)38-31(51-39)10-8-28(49-38)13-24(43)14-29-22(4)32(16-25(44)18-41)50-34(29)17-33(48-27)21(19)3;1-19-11-25-5-7-29-20(2)12-27(44-29)9-10-40-17-34-36(50-40)37-38(49-34)39(51-40)35-30(48-37)8-6-26(46-35)13-23(42)14-28-22(4)31(15-24(43)18-41)47-33(28)16-32(45-25)21(19)3/h19,22,25-41,44-46H,2-3,5-18H2,1,4H3;19,22,24-39,41,43H,2-3,5-18H2,1,4H3/t19-,22-,25+,26+,27+,28?,29-,30?,31+,32-,33?,34+,35-,36+,37+,38+,39+,40+;19-,22-,24+,25+,26?,27+,28-,29?,30+,31-,32?,33+,34-,35+,36?,37+,38-,39+,40?/m11/s1. The zero-order valence-electron chi connectivity index (χ0n) is 61.0. The Labute approximate surface area is 607 Å². The van der Waals surface area contributed by atoms with Crippen molar-refractivity contribution < 1.29 is 111 Å². The number of aliphatic hydroxyl groups excluding tert-OH is 6. The van der Waals surface area contributed by atoms with Gasteiger partial charge in [-0.05, 0) is 148 Å². The van der Waals surface area contributed by atoms with Gasteiger partial charge in [-0.3, -0.25) is 14.4 Å². The van der Waals surface area contributed by atoms with Gasteiger partial charge >= 0.3 is 0 Å². The second-order valence-corrected chi connectivity index (χ2v) is 34.5. The second-order valence-electron chi connectivity index (χ2n) is 34.5. The normalized spacial score (nSPS) is 50.8. The van der Waals surface area contributed by atoms with Crippen LogP contribution >= 0.6 is 0 Å². The van der Waals surface area contributed by atoms with Gasteiger partial charge in [0.2, 0.25) is 0 Å². The monoisotopic (exact) mass is 1450 g/mol. The number of carbonyl (C=O) groups is 3. The van der Waals surface area contributed by atoms with E-state index in [2.05, 4.69) is 54.0 Å². The van der Waals surface area contributed by atoms with Crippen LogP contribution in [0, 0.1) is 35.5 Å². The summed E-state index contributed by atoms with van der Waals surface area (Å²) in [4.78, 5) is 40.9. The number of ketones is 3. The maximum absolute atomic E-state index is 14.0. The highest BCUT2D eigenvalue weighted by Gasteiger charge is 2.69. The molecule has 0 aliphatic carbocycles. The summed E-state index contributed by atoms with van der Waals surface area (Å²) in [5.41, 5.74) is 4.26. The van der Waals surface area contributed by atoms with Gasteiger partial charge in [0.25, 0.3) is 0 Å². The molecular weight excluding hydrogens is 1330 g/mol. The molecule has 0 aromatic rings. The maximum Gasteiger partial charge on any atom is 0.172 e. The number of rotatable bonds is 6. The fourth-order valence-corrected chi connectivity index (χ4v) is 21.4. The van der Waals surface area contributed by atoms with Crippen LogP contribution in [0.15, 0.2) is 48.6 Å². The fraction of sp³-hybridized carbons (Fsp3) is 0.863. The van der Waals surface area contributed by atoms with Crippen LogP contribution in [0.3, 0.4) is 0 Å². The van der Waals surface area contributed by atoms with Gasteiger partial charge < -0.3 is 97.0 Å². The Morgan fingerprint density at radius 1 is 0.398 bits per heavy atom. The fourth-order valence-electron chi connectivity index (χ4n) is 21.4. The van der Waals surface area contributed by atoms with E-state index in [1.807, 2.05) is 0 Å². The minimum Gasteiger partial charge on any atom is -0.394 e. The van der Waals surface area contributed by atoms with Crippen molar-refractivity contribution in [2.45, 2.75) is 384 Å². The molecule has 37 atom stereocenters. The van der Waals surface area contributed by atoms with Gasteiger partial charge in [0.15, 0.2) is 5.79 Å². The summed E-state index contributed by atoms with van der Waals surface area (Å²) in [7, 11) is 0. The lowest BCUT2D eigenvalue weighted by atomic mass is 9.79. The van der Waals surface area contributed by atoms with E-state index in [0.717, 1.165) is 86.5 Å². The lowest BCUT2D eigenvalue weighted by molar-refractivity contribution is -0.292. The molecule has 103 heavy (non-hydrogen) atoms. The maximum atomic E-state index is 14.0. The molecule has 576 valence electrons. The molecule has 17 aliphatic rings. The van der Waals surface area contributed by atoms with Crippen LogP contribution in [-0.2, 0) is 80.7 Å². The molecule has 17 rings (SSSR count). The number of fused-ring (bicyclic) bond motifs is 13. The summed E-state index contributed by atoms with van der Waals surface area (Å²) in [5, 5.41) is 62.5. The van der Waals surface area contributed by atoms with E-state index in [1.165, 1.54) is 0 Å². The molecule has 0 amide bonds. The van der Waals surface area contributed by atoms with Crippen molar-refractivity contribution in [3.05, 3.63) is 48.6 Å². The quantitative estimate of drug-likeness (QED) is 0.146. The number of aliphatic hydroxyl groups is 6. The Bertz CT molecular complexity index is 3070. The summed E-state index contributed by atoms with van der Waals surface area (Å²) in [6.07, 6.45) is 3.80. The van der Waals surface area contributed by atoms with Gasteiger partial charge in [0, 0.05) is 77.0 Å². The van der Waals surface area contributed by atoms with E-state index in [1.54, 1.807) is 0 Å². The summed E-state index contributed by atoms with van der Waals surface area (Å²) >= 11 is 0. The first kappa shape index (κ1) is 75.6. The molecule has 17 fully saturated rings. The highest BCUT2D eigenvalue weighted by atomic mass is 16.8. The van der Waals surface area contributed by atoms with Crippen LogP contribution in [0.25, 0.3) is 0 Å². The van der Waals surface area contributed by atoms with E-state index in [-0.39, 0.29) is 214 Å². The summed E-state index contributed by atoms with van der Waals surface area (Å²) in [6, 6.07) is 0. The van der Waals surface area contributed by atoms with Crippen molar-refractivity contribution in [3.63, 3.8) is 0 Å². The molecule has 0 aromatic heterocycles. The first-order chi connectivity index (χ1) is 49.4. The lowest BCUT2D eigenvalue weighted by Gasteiger charge is -2.47. The molecule has 0 aromatic carbocycles. The second kappa shape index (κ2) is 31.5. The number of Topliss-reactive ketones (excluding diaryl/α,β-unsaturated/α-hetero) is 3.